The molecule has 3 heteroatoms. The number of hydrogen-bond acceptors (Lipinski definition) is 1. The highest BCUT2D eigenvalue weighted by Gasteiger charge is 1.98. The van der Waals surface area contributed by atoms with Crippen molar-refractivity contribution < 1.29 is 9.50 Å². The van der Waals surface area contributed by atoms with Crippen molar-refractivity contribution in [2.75, 3.05) is 0 Å². The maximum Gasteiger partial charge on any atom is 0.190 e. The molecule has 50 valence electrons. The van der Waals surface area contributed by atoms with Crippen LogP contribution >= 0.6 is 0 Å². The molecule has 1 aromatic carbocycles. The van der Waals surface area contributed by atoms with E-state index in [4.69, 9.17) is 11.7 Å². The molecule has 2 nitrogen and oxygen atoms in total. The predicted molar refractivity (Wildman–Crippen MR) is 34.3 cm³/mol. The van der Waals surface area contributed by atoms with Crippen LogP contribution in [0.3, 0.4) is 0 Å². The summed E-state index contributed by atoms with van der Waals surface area (Å²) in [6.07, 6.45) is 0. The zero-order chi connectivity index (χ0) is 7.56. The Bertz CT molecular complexity index is 290. The van der Waals surface area contributed by atoms with E-state index in [-0.39, 0.29) is 5.69 Å². The normalized spacial score (nSPS) is 8.80. The van der Waals surface area contributed by atoms with Gasteiger partial charge in [0.25, 0.3) is 0 Å². The SMILES string of the molecule is [C-]#[N+]c1ccc(O)c(F)c1. The Labute approximate surface area is 57.4 Å². The molecule has 1 rings (SSSR count). The summed E-state index contributed by atoms with van der Waals surface area (Å²) in [5.41, 5.74) is 0.190. The molecule has 0 aliphatic carbocycles. The molecule has 0 aliphatic rings. The molecule has 0 amide bonds. The number of phenolic OH excluding ortho intramolecular Hbond substituents is 1. The molecule has 1 aromatic rings. The maximum atomic E-state index is 12.4. The molecule has 1 N–H and O–H groups in total. The molecule has 0 spiro atoms. The van der Waals surface area contributed by atoms with Crippen LogP contribution in [-0.4, -0.2) is 5.11 Å². The number of halogens is 1. The van der Waals surface area contributed by atoms with Gasteiger partial charge in [-0.15, -0.1) is 0 Å². The summed E-state index contributed by atoms with van der Waals surface area (Å²) >= 11 is 0. The summed E-state index contributed by atoms with van der Waals surface area (Å²) < 4.78 is 12.4. The number of phenols is 1. The Morgan fingerprint density at radius 3 is 2.70 bits per heavy atom. The number of benzene rings is 1. The van der Waals surface area contributed by atoms with Gasteiger partial charge in [-0.25, -0.2) is 9.24 Å². The highest BCUT2D eigenvalue weighted by molar-refractivity contribution is 5.47. The maximum absolute atomic E-state index is 12.4. The smallest absolute Gasteiger partial charge is 0.190 e. The second-order valence-corrected chi connectivity index (χ2v) is 1.75. The van der Waals surface area contributed by atoms with E-state index in [2.05, 4.69) is 4.85 Å². The molecule has 0 unspecified atom stereocenters. The van der Waals surface area contributed by atoms with Gasteiger partial charge in [0.05, 0.1) is 6.57 Å². The first-order valence-corrected chi connectivity index (χ1v) is 2.60. The van der Waals surface area contributed by atoms with Crippen LogP contribution in [0, 0.1) is 12.4 Å². The first kappa shape index (κ1) is 6.56. The van der Waals surface area contributed by atoms with E-state index < -0.39 is 11.6 Å². The third-order valence-corrected chi connectivity index (χ3v) is 1.06. The summed E-state index contributed by atoms with van der Waals surface area (Å²) in [7, 11) is 0. The fourth-order valence-corrected chi connectivity index (χ4v) is 0.565. The lowest BCUT2D eigenvalue weighted by molar-refractivity contribution is 0.433. The molecule has 0 saturated carbocycles. The van der Waals surface area contributed by atoms with E-state index in [0.717, 1.165) is 12.1 Å². The van der Waals surface area contributed by atoms with Gasteiger partial charge < -0.3 is 5.11 Å². The first-order chi connectivity index (χ1) is 4.74. The van der Waals surface area contributed by atoms with E-state index in [1.54, 1.807) is 0 Å². The molecular weight excluding hydrogens is 133 g/mol. The lowest BCUT2D eigenvalue weighted by atomic mass is 10.3. The molecule has 0 aliphatic heterocycles. The van der Waals surface area contributed by atoms with Crippen LogP contribution in [0.15, 0.2) is 18.2 Å². The summed E-state index contributed by atoms with van der Waals surface area (Å²) in [6.45, 7) is 6.49. The van der Waals surface area contributed by atoms with E-state index in [1.807, 2.05) is 0 Å². The zero-order valence-corrected chi connectivity index (χ0v) is 5.00. The van der Waals surface area contributed by atoms with E-state index in [9.17, 15) is 4.39 Å². The first-order valence-electron chi connectivity index (χ1n) is 2.60. The van der Waals surface area contributed by atoms with E-state index in [0.29, 0.717) is 0 Å². The van der Waals surface area contributed by atoms with Crippen LogP contribution in [0.5, 0.6) is 5.75 Å². The molecule has 10 heavy (non-hydrogen) atoms. The van der Waals surface area contributed by atoms with Crippen molar-refractivity contribution in [3.63, 3.8) is 0 Å². The van der Waals surface area contributed by atoms with Gasteiger partial charge in [0, 0.05) is 0 Å². The predicted octanol–water partition coefficient (Wildman–Crippen LogP) is 2.08. The summed E-state index contributed by atoms with van der Waals surface area (Å²) in [4.78, 5) is 2.97. The highest BCUT2D eigenvalue weighted by Crippen LogP contribution is 2.20. The van der Waals surface area contributed by atoms with Crippen molar-refractivity contribution in [3.05, 3.63) is 35.4 Å². The Balaban J connectivity index is 3.20. The van der Waals surface area contributed by atoms with E-state index >= 15 is 0 Å². The quantitative estimate of drug-likeness (QED) is 0.544. The topological polar surface area (TPSA) is 24.6 Å². The fraction of sp³-hybridized carbons (Fsp3) is 0. The number of aromatic hydroxyl groups is 1. The van der Waals surface area contributed by atoms with Crippen LogP contribution in [0.2, 0.25) is 0 Å². The molecule has 0 heterocycles. The zero-order valence-electron chi connectivity index (χ0n) is 5.00. The van der Waals surface area contributed by atoms with Crippen molar-refractivity contribution in [1.82, 2.24) is 0 Å². The largest absolute Gasteiger partial charge is 0.505 e. The third-order valence-electron chi connectivity index (χ3n) is 1.06. The van der Waals surface area contributed by atoms with Gasteiger partial charge >= 0.3 is 0 Å². The number of hydrogen-bond donors (Lipinski definition) is 1. The average Bonchev–Trinajstić information content (AvgIpc) is 1.95. The molecular formula is C7H4FNO. The molecule has 0 aromatic heterocycles. The second kappa shape index (κ2) is 2.36. The Kier molecular flexibility index (Phi) is 1.55. The van der Waals surface area contributed by atoms with Crippen molar-refractivity contribution in [2.45, 2.75) is 0 Å². The third kappa shape index (κ3) is 1.06. The van der Waals surface area contributed by atoms with Crippen LogP contribution in [-0.2, 0) is 0 Å². The van der Waals surface area contributed by atoms with Gasteiger partial charge in [-0.05, 0) is 12.1 Å². The number of nitrogens with zero attached hydrogens (tertiary/aromatic N) is 1. The number of rotatable bonds is 0. The van der Waals surface area contributed by atoms with Crippen molar-refractivity contribution >= 4 is 5.69 Å². The summed E-state index contributed by atoms with van der Waals surface area (Å²) in [5, 5.41) is 8.66. The molecule has 0 saturated heterocycles. The lowest BCUT2D eigenvalue weighted by Gasteiger charge is -1.92. The molecule has 0 atom stereocenters. The Morgan fingerprint density at radius 2 is 2.20 bits per heavy atom. The van der Waals surface area contributed by atoms with Crippen LogP contribution in [0.4, 0.5) is 10.1 Å². The van der Waals surface area contributed by atoms with E-state index in [1.165, 1.54) is 6.07 Å². The monoisotopic (exact) mass is 137 g/mol. The van der Waals surface area contributed by atoms with Gasteiger partial charge in [-0.2, -0.15) is 0 Å². The standard InChI is InChI=1S/C7H4FNO/c1-9-5-2-3-7(10)6(8)4-5/h2-4,10H. The molecule has 0 fully saturated rings. The van der Waals surface area contributed by atoms with Gasteiger partial charge in [0.15, 0.2) is 11.5 Å². The summed E-state index contributed by atoms with van der Waals surface area (Å²) in [5.74, 6) is -1.18. The van der Waals surface area contributed by atoms with Crippen molar-refractivity contribution in [1.29, 1.82) is 0 Å². The van der Waals surface area contributed by atoms with Crippen LogP contribution in [0.1, 0.15) is 0 Å². The highest BCUT2D eigenvalue weighted by atomic mass is 19.1. The van der Waals surface area contributed by atoms with Crippen LogP contribution in [0.25, 0.3) is 4.85 Å². The summed E-state index contributed by atoms with van der Waals surface area (Å²) in [6, 6.07) is 3.50. The minimum atomic E-state index is -0.756. The van der Waals surface area contributed by atoms with Crippen molar-refractivity contribution in [3.8, 4) is 5.75 Å². The van der Waals surface area contributed by atoms with Gasteiger partial charge in [0.1, 0.15) is 5.75 Å². The molecule has 0 radical (unpaired) electrons. The van der Waals surface area contributed by atoms with Gasteiger partial charge in [0.2, 0.25) is 0 Å². The fourth-order valence-electron chi connectivity index (χ4n) is 0.565. The average molecular weight is 137 g/mol. The Morgan fingerprint density at radius 1 is 1.50 bits per heavy atom. The Hall–Kier alpha value is -1.56. The molecule has 0 bridgehead atoms. The minimum absolute atomic E-state index is 0.190. The van der Waals surface area contributed by atoms with Gasteiger partial charge in [-0.3, -0.25) is 0 Å². The van der Waals surface area contributed by atoms with Crippen LogP contribution < -0.4 is 0 Å². The van der Waals surface area contributed by atoms with Gasteiger partial charge in [-0.1, -0.05) is 6.07 Å². The lowest BCUT2D eigenvalue weighted by Crippen LogP contribution is -1.72. The van der Waals surface area contributed by atoms with Crippen molar-refractivity contribution in [2.24, 2.45) is 0 Å². The second-order valence-electron chi connectivity index (χ2n) is 1.75. The minimum Gasteiger partial charge on any atom is -0.505 e.